The average molecular weight is 430 g/mol. The van der Waals surface area contributed by atoms with Gasteiger partial charge in [0.15, 0.2) is 5.03 Å². The van der Waals surface area contributed by atoms with Crippen LogP contribution < -0.4 is 10.7 Å². The Morgan fingerprint density at radius 1 is 1.43 bits per heavy atom. The van der Waals surface area contributed by atoms with E-state index in [-0.39, 0.29) is 30.5 Å². The molecule has 12 heteroatoms. The van der Waals surface area contributed by atoms with Gasteiger partial charge < -0.3 is 10.1 Å². The van der Waals surface area contributed by atoms with E-state index < -0.39 is 4.92 Å². The van der Waals surface area contributed by atoms with Crippen molar-refractivity contribution in [3.05, 3.63) is 28.4 Å². The minimum absolute atomic E-state index is 0.0407. The van der Waals surface area contributed by atoms with E-state index >= 15 is 0 Å². The lowest BCUT2D eigenvalue weighted by molar-refractivity contribution is -0.388. The molecule has 2 N–H and O–H groups in total. The first-order chi connectivity index (χ1) is 13.5. The lowest BCUT2D eigenvalue weighted by atomic mass is 10.4. The third-order valence-corrected chi connectivity index (χ3v) is 5.24. The van der Waals surface area contributed by atoms with E-state index in [1.54, 1.807) is 0 Å². The van der Waals surface area contributed by atoms with Gasteiger partial charge in [-0.1, -0.05) is 17.7 Å². The lowest BCUT2D eigenvalue weighted by Gasteiger charge is -2.03. The molecule has 0 saturated heterocycles. The van der Waals surface area contributed by atoms with Crippen LogP contribution >= 0.6 is 21.6 Å². The number of ether oxygens (including phenoxy) is 1. The van der Waals surface area contributed by atoms with Crippen molar-refractivity contribution in [2.45, 2.75) is 31.2 Å². The van der Waals surface area contributed by atoms with Crippen molar-refractivity contribution in [1.29, 1.82) is 0 Å². The number of aromatic nitrogens is 1. The minimum atomic E-state index is -0.488. The summed E-state index contributed by atoms with van der Waals surface area (Å²) >= 11 is 0. The van der Waals surface area contributed by atoms with E-state index in [1.807, 2.05) is 6.92 Å². The molecule has 0 saturated carbocycles. The summed E-state index contributed by atoms with van der Waals surface area (Å²) in [6.07, 6.45) is 4.54. The summed E-state index contributed by atoms with van der Waals surface area (Å²) in [5, 5.41) is 17.7. The molecule has 1 aromatic heterocycles. The molecule has 0 aliphatic carbocycles. The number of hydrazone groups is 1. The molecule has 1 rings (SSSR count). The Balaban J connectivity index is 2.10. The molecular weight excluding hydrogens is 406 g/mol. The molecule has 0 unspecified atom stereocenters. The highest BCUT2D eigenvalue weighted by atomic mass is 33.1. The van der Waals surface area contributed by atoms with Gasteiger partial charge in [0.1, 0.15) is 6.61 Å². The van der Waals surface area contributed by atoms with Gasteiger partial charge in [0.05, 0.1) is 4.92 Å². The maximum absolute atomic E-state index is 11.7. The van der Waals surface area contributed by atoms with Crippen LogP contribution in [0.2, 0.25) is 0 Å². The summed E-state index contributed by atoms with van der Waals surface area (Å²) in [5.41, 5.74) is 2.33. The number of nitrogens with zero attached hydrogens (tertiary/aromatic N) is 3. The van der Waals surface area contributed by atoms with E-state index in [0.29, 0.717) is 30.4 Å². The second-order valence-electron chi connectivity index (χ2n) is 5.28. The van der Waals surface area contributed by atoms with Crippen LogP contribution in [0, 0.1) is 10.1 Å². The monoisotopic (exact) mass is 429 g/mol. The van der Waals surface area contributed by atoms with Crippen molar-refractivity contribution in [2.75, 3.05) is 25.5 Å². The van der Waals surface area contributed by atoms with Crippen molar-refractivity contribution in [3.8, 4) is 0 Å². The zero-order valence-electron chi connectivity index (χ0n) is 15.5. The Hall–Kier alpha value is -2.18. The number of carbonyl (C=O) groups is 2. The van der Waals surface area contributed by atoms with Crippen molar-refractivity contribution in [1.82, 2.24) is 15.7 Å². The summed E-state index contributed by atoms with van der Waals surface area (Å²) in [6, 6.07) is 2.89. The van der Waals surface area contributed by atoms with Crippen molar-refractivity contribution in [2.24, 2.45) is 5.10 Å². The molecule has 2 amide bonds. The summed E-state index contributed by atoms with van der Waals surface area (Å²) in [5.74, 6) is -0.00136. The maximum Gasteiger partial charge on any atom is 0.302 e. The second kappa shape index (κ2) is 14.8. The molecule has 0 spiro atoms. The third-order valence-electron chi connectivity index (χ3n) is 2.96. The van der Waals surface area contributed by atoms with E-state index in [1.165, 1.54) is 35.3 Å². The van der Waals surface area contributed by atoms with Gasteiger partial charge in [0.25, 0.3) is 0 Å². The van der Waals surface area contributed by atoms with Crippen LogP contribution in [0.15, 0.2) is 28.5 Å². The lowest BCUT2D eigenvalue weighted by Crippen LogP contribution is -2.29. The smallest absolute Gasteiger partial charge is 0.302 e. The first-order valence-corrected chi connectivity index (χ1v) is 10.9. The fourth-order valence-electron chi connectivity index (χ4n) is 1.69. The zero-order valence-corrected chi connectivity index (χ0v) is 17.1. The minimum Gasteiger partial charge on any atom is -0.372 e. The molecule has 1 aromatic rings. The topological polar surface area (TPSA) is 136 Å². The fourth-order valence-corrected chi connectivity index (χ4v) is 3.71. The van der Waals surface area contributed by atoms with E-state index in [4.69, 9.17) is 4.74 Å². The molecule has 28 heavy (non-hydrogen) atoms. The van der Waals surface area contributed by atoms with Crippen LogP contribution in [-0.4, -0.2) is 53.4 Å². The number of hydrogen-bond donors (Lipinski definition) is 2. The predicted octanol–water partition coefficient (Wildman–Crippen LogP) is 2.16. The van der Waals surface area contributed by atoms with Gasteiger partial charge in [0, 0.05) is 50.2 Å². The van der Waals surface area contributed by atoms with Gasteiger partial charge in [-0.25, -0.2) is 10.4 Å². The van der Waals surface area contributed by atoms with Crippen molar-refractivity contribution >= 4 is 45.3 Å². The molecule has 1 heterocycles. The molecule has 0 aromatic carbocycles. The Labute approximate surface area is 170 Å². The Morgan fingerprint density at radius 2 is 2.25 bits per heavy atom. The van der Waals surface area contributed by atoms with Gasteiger partial charge in [-0.2, -0.15) is 5.10 Å². The molecule has 0 aliphatic rings. The largest absolute Gasteiger partial charge is 0.372 e. The molecule has 0 bridgehead atoms. The van der Waals surface area contributed by atoms with Gasteiger partial charge >= 0.3 is 5.69 Å². The first kappa shape index (κ1) is 23.9. The zero-order chi connectivity index (χ0) is 20.6. The SMILES string of the molecule is CCCOCC(=O)NCC/C=N\NC(=O)CCSSc1ncccc1[N+](=O)[O-]. The number of nitro groups is 1. The van der Waals surface area contributed by atoms with Crippen molar-refractivity contribution < 1.29 is 19.2 Å². The standard InChI is InChI=1S/C16H23N5O5S2/c1-2-10-26-12-15(23)17-8-4-9-19-20-14(22)6-11-27-28-16-13(21(24)25)5-3-7-18-16/h3,5,7,9H,2,4,6,8,10-12H2,1H3,(H,17,23)(H,20,22)/b19-9-. The molecule has 0 radical (unpaired) electrons. The van der Waals surface area contributed by atoms with Crippen LogP contribution in [-0.2, 0) is 14.3 Å². The van der Waals surface area contributed by atoms with E-state index in [2.05, 4.69) is 20.8 Å². The summed E-state index contributed by atoms with van der Waals surface area (Å²) < 4.78 is 5.10. The number of rotatable bonds is 14. The van der Waals surface area contributed by atoms with Crippen molar-refractivity contribution in [3.63, 3.8) is 0 Å². The van der Waals surface area contributed by atoms with Crippen LogP contribution in [0.3, 0.4) is 0 Å². The Morgan fingerprint density at radius 3 is 3.00 bits per heavy atom. The Bertz CT molecular complexity index is 675. The van der Waals surface area contributed by atoms with Crippen LogP contribution in [0.5, 0.6) is 0 Å². The molecule has 0 fully saturated rings. The number of nitrogens with one attached hydrogen (secondary N) is 2. The van der Waals surface area contributed by atoms with Gasteiger partial charge in [-0.05, 0) is 23.3 Å². The summed E-state index contributed by atoms with van der Waals surface area (Å²) in [4.78, 5) is 37.4. The summed E-state index contributed by atoms with van der Waals surface area (Å²) in [6.45, 7) is 2.96. The average Bonchev–Trinajstić information content (AvgIpc) is 2.68. The van der Waals surface area contributed by atoms with Crippen LogP contribution in [0.1, 0.15) is 26.2 Å². The highest BCUT2D eigenvalue weighted by molar-refractivity contribution is 8.76. The second-order valence-corrected chi connectivity index (χ2v) is 7.68. The molecule has 0 atom stereocenters. The van der Waals surface area contributed by atoms with Gasteiger partial charge in [-0.3, -0.25) is 19.7 Å². The summed E-state index contributed by atoms with van der Waals surface area (Å²) in [7, 11) is 2.46. The quantitative estimate of drug-likeness (QED) is 0.151. The van der Waals surface area contributed by atoms with E-state index in [0.717, 1.165) is 17.2 Å². The van der Waals surface area contributed by atoms with E-state index in [9.17, 15) is 19.7 Å². The number of hydrogen-bond acceptors (Lipinski definition) is 9. The maximum atomic E-state index is 11.7. The van der Waals surface area contributed by atoms with Crippen LogP contribution in [0.4, 0.5) is 5.69 Å². The van der Waals surface area contributed by atoms with Crippen LogP contribution in [0.25, 0.3) is 0 Å². The third kappa shape index (κ3) is 10.8. The first-order valence-electron chi connectivity index (χ1n) is 8.58. The molecule has 0 aliphatic heterocycles. The molecular formula is C16H23N5O5S2. The number of amides is 2. The molecule has 154 valence electrons. The predicted molar refractivity (Wildman–Crippen MR) is 109 cm³/mol. The highest BCUT2D eigenvalue weighted by Gasteiger charge is 2.14. The number of carbonyl (C=O) groups excluding carboxylic acids is 2. The van der Waals surface area contributed by atoms with Gasteiger partial charge in [0.2, 0.25) is 11.8 Å². The fraction of sp³-hybridized carbons (Fsp3) is 0.500. The van der Waals surface area contributed by atoms with Gasteiger partial charge in [-0.15, -0.1) is 0 Å². The highest BCUT2D eigenvalue weighted by Crippen LogP contribution is 2.35. The molecule has 10 nitrogen and oxygen atoms in total. The number of pyridine rings is 1. The normalized spacial score (nSPS) is 10.8. The Kier molecular flexibility index (Phi) is 12.6.